The Bertz CT molecular complexity index is 1740. The van der Waals surface area contributed by atoms with Crippen LogP contribution in [-0.2, 0) is 4.79 Å². The van der Waals surface area contributed by atoms with Crippen molar-refractivity contribution in [1.82, 2.24) is 19.8 Å². The first-order valence-electron chi connectivity index (χ1n) is 13.4. The minimum Gasteiger partial charge on any atom is -0.508 e. The lowest BCUT2D eigenvalue weighted by Gasteiger charge is -2.41. The molecule has 1 N–H and O–H groups in total. The van der Waals surface area contributed by atoms with E-state index in [4.69, 9.17) is 16.3 Å². The van der Waals surface area contributed by atoms with Crippen molar-refractivity contribution in [3.63, 3.8) is 0 Å². The number of piperazine rings is 1. The van der Waals surface area contributed by atoms with Gasteiger partial charge >= 0.3 is 6.01 Å². The lowest BCUT2D eigenvalue weighted by atomic mass is 9.96. The third-order valence-corrected chi connectivity index (χ3v) is 7.56. The predicted octanol–water partition coefficient (Wildman–Crippen LogP) is 5.01. The summed E-state index contributed by atoms with van der Waals surface area (Å²) in [4.78, 5) is 27.4. The van der Waals surface area contributed by atoms with Crippen molar-refractivity contribution < 1.29 is 19.0 Å². The Morgan fingerprint density at radius 2 is 2.02 bits per heavy atom. The lowest BCUT2D eigenvalue weighted by Crippen LogP contribution is -2.55. The number of carbonyl (C=O) groups is 1. The van der Waals surface area contributed by atoms with Crippen LogP contribution in [-0.4, -0.2) is 84.2 Å². The molecule has 1 unspecified atom stereocenters. The Labute approximate surface area is 248 Å². The Morgan fingerprint density at radius 1 is 1.24 bits per heavy atom. The molecule has 1 amide bonds. The van der Waals surface area contributed by atoms with Gasteiger partial charge in [-0.2, -0.15) is 15.2 Å². The first-order chi connectivity index (χ1) is 20.2. The number of carbonyl (C=O) groups excluding carboxylic acids is 1. The zero-order valence-corrected chi connectivity index (χ0v) is 24.3. The Balaban J connectivity index is 1.58. The summed E-state index contributed by atoms with van der Waals surface area (Å²) in [6.07, 6.45) is 3.44. The molecule has 0 radical (unpaired) electrons. The molecule has 0 aliphatic carbocycles. The van der Waals surface area contributed by atoms with Gasteiger partial charge in [-0.1, -0.05) is 41.9 Å². The second-order valence-corrected chi connectivity index (χ2v) is 10.8. The number of fused-ring (bicyclic) bond motifs is 2. The number of benzene rings is 3. The third-order valence-electron chi connectivity index (χ3n) is 7.26. The van der Waals surface area contributed by atoms with Crippen LogP contribution in [0.2, 0.25) is 5.02 Å². The number of ether oxygens (including phenoxy) is 1. The van der Waals surface area contributed by atoms with E-state index in [0.717, 1.165) is 10.8 Å². The summed E-state index contributed by atoms with van der Waals surface area (Å²) in [5, 5.41) is 21.9. The number of methoxy groups -OCH3 is 1. The average Bonchev–Trinajstić information content (AvgIpc) is 2.96. The highest BCUT2D eigenvalue weighted by Crippen LogP contribution is 2.42. The molecule has 9 nitrogen and oxygen atoms in total. The summed E-state index contributed by atoms with van der Waals surface area (Å²) in [5.74, 6) is -0.474. The number of halogens is 2. The molecule has 1 atom stereocenters. The number of anilines is 1. The molecular formula is C31H30ClFN6O3. The second kappa shape index (κ2) is 12.2. The van der Waals surface area contributed by atoms with E-state index in [1.165, 1.54) is 19.3 Å². The first kappa shape index (κ1) is 29.0. The third kappa shape index (κ3) is 5.66. The van der Waals surface area contributed by atoms with Crippen molar-refractivity contribution in [2.24, 2.45) is 0 Å². The van der Waals surface area contributed by atoms with Crippen LogP contribution in [0, 0.1) is 17.1 Å². The standard InChI is InChI=1S/C31H30ClFN6O3/c1-37(2)12-6-9-26(41)39-14-13-38(18-20(39)10-11-34)30-24-17-25(32)27(28(33)29(24)35-31(36-30)42-3)23-16-21(40)15-19-7-4-5-8-22(19)23/h4-9,15-17,20,40H,10,12-14,18H2,1-3H3. The van der Waals surface area contributed by atoms with Gasteiger partial charge in [0.1, 0.15) is 17.1 Å². The topological polar surface area (TPSA) is 106 Å². The Morgan fingerprint density at radius 3 is 2.76 bits per heavy atom. The molecule has 0 bridgehead atoms. The van der Waals surface area contributed by atoms with Crippen LogP contribution in [0.1, 0.15) is 6.42 Å². The van der Waals surface area contributed by atoms with Gasteiger partial charge in [-0.3, -0.25) is 4.79 Å². The molecule has 1 aliphatic heterocycles. The fourth-order valence-electron chi connectivity index (χ4n) is 5.32. The maximum atomic E-state index is 16.4. The number of likely N-dealkylation sites (N-methyl/N-ethyl adjacent to an activating group) is 1. The van der Waals surface area contributed by atoms with Crippen LogP contribution < -0.4 is 9.64 Å². The first-order valence-corrected chi connectivity index (χ1v) is 13.8. The van der Waals surface area contributed by atoms with Gasteiger partial charge in [0.25, 0.3) is 0 Å². The molecule has 1 fully saturated rings. The molecule has 3 aromatic carbocycles. The van der Waals surface area contributed by atoms with Crippen LogP contribution in [0.15, 0.2) is 54.6 Å². The van der Waals surface area contributed by atoms with Crippen LogP contribution in [0.4, 0.5) is 10.2 Å². The van der Waals surface area contributed by atoms with Crippen molar-refractivity contribution >= 4 is 45.0 Å². The van der Waals surface area contributed by atoms with E-state index < -0.39 is 11.9 Å². The van der Waals surface area contributed by atoms with Crippen LogP contribution in [0.5, 0.6) is 11.8 Å². The van der Waals surface area contributed by atoms with E-state index >= 15 is 4.39 Å². The quantitative estimate of drug-likeness (QED) is 0.301. The highest BCUT2D eigenvalue weighted by molar-refractivity contribution is 6.35. The fraction of sp³-hybridized carbons (Fsp3) is 0.290. The number of nitrogens with zero attached hydrogens (tertiary/aromatic N) is 6. The van der Waals surface area contributed by atoms with Crippen molar-refractivity contribution in [3.05, 3.63) is 65.5 Å². The number of hydrogen-bond acceptors (Lipinski definition) is 8. The van der Waals surface area contributed by atoms with E-state index in [-0.39, 0.29) is 40.2 Å². The van der Waals surface area contributed by atoms with E-state index in [9.17, 15) is 15.2 Å². The zero-order valence-electron chi connectivity index (χ0n) is 23.5. The summed E-state index contributed by atoms with van der Waals surface area (Å²) >= 11 is 6.76. The number of phenolic OH excluding ortho intramolecular Hbond substituents is 1. The van der Waals surface area contributed by atoms with E-state index in [1.807, 2.05) is 48.2 Å². The van der Waals surface area contributed by atoms with E-state index in [0.29, 0.717) is 42.9 Å². The molecule has 1 aromatic heterocycles. The van der Waals surface area contributed by atoms with Crippen molar-refractivity contribution in [2.75, 3.05) is 52.3 Å². The largest absolute Gasteiger partial charge is 0.508 e. The summed E-state index contributed by atoms with van der Waals surface area (Å²) < 4.78 is 21.8. The lowest BCUT2D eigenvalue weighted by molar-refractivity contribution is -0.128. The molecule has 5 rings (SSSR count). The Kier molecular flexibility index (Phi) is 8.43. The van der Waals surface area contributed by atoms with Gasteiger partial charge in [-0.25, -0.2) is 4.39 Å². The molecule has 1 saturated heterocycles. The maximum Gasteiger partial charge on any atom is 0.318 e. The van der Waals surface area contributed by atoms with Gasteiger partial charge in [0.05, 0.1) is 30.7 Å². The molecular weight excluding hydrogens is 559 g/mol. The summed E-state index contributed by atoms with van der Waals surface area (Å²) in [6, 6.07) is 13.8. The van der Waals surface area contributed by atoms with Crippen LogP contribution in [0.25, 0.3) is 32.8 Å². The predicted molar refractivity (Wildman–Crippen MR) is 161 cm³/mol. The van der Waals surface area contributed by atoms with Gasteiger partial charge in [0, 0.05) is 43.2 Å². The molecule has 0 spiro atoms. The van der Waals surface area contributed by atoms with Gasteiger partial charge in [-0.05, 0) is 48.6 Å². The number of amides is 1. The smallest absolute Gasteiger partial charge is 0.318 e. The number of aromatic hydroxyl groups is 1. The minimum atomic E-state index is -0.677. The molecule has 4 aromatic rings. The number of phenols is 1. The zero-order chi connectivity index (χ0) is 30.0. The highest BCUT2D eigenvalue weighted by Gasteiger charge is 2.32. The molecule has 1 aliphatic rings. The number of hydrogen-bond donors (Lipinski definition) is 1. The molecule has 11 heteroatoms. The molecule has 0 saturated carbocycles. The molecule has 216 valence electrons. The van der Waals surface area contributed by atoms with Crippen molar-refractivity contribution in [1.29, 1.82) is 5.26 Å². The molecule has 42 heavy (non-hydrogen) atoms. The number of nitriles is 1. The number of aromatic nitrogens is 2. The van der Waals surface area contributed by atoms with Gasteiger partial charge < -0.3 is 24.5 Å². The normalized spacial score (nSPS) is 15.6. The highest BCUT2D eigenvalue weighted by atomic mass is 35.5. The number of rotatable bonds is 7. The Hall–Kier alpha value is -4.46. The second-order valence-electron chi connectivity index (χ2n) is 10.4. The summed E-state index contributed by atoms with van der Waals surface area (Å²) in [7, 11) is 5.23. The minimum absolute atomic E-state index is 0.00521. The van der Waals surface area contributed by atoms with Crippen molar-refractivity contribution in [2.45, 2.75) is 12.5 Å². The summed E-state index contributed by atoms with van der Waals surface area (Å²) in [5.41, 5.74) is 0.536. The SMILES string of the molecule is COc1nc(N2CCN(C(=O)C=CCN(C)C)C(CC#N)C2)c2cc(Cl)c(-c3cc(O)cc4ccccc34)c(F)c2n1. The average molecular weight is 589 g/mol. The van der Waals surface area contributed by atoms with Crippen LogP contribution >= 0.6 is 11.6 Å². The molecule has 2 heterocycles. The monoisotopic (exact) mass is 588 g/mol. The van der Waals surface area contributed by atoms with Crippen molar-refractivity contribution in [3.8, 4) is 29.0 Å². The van der Waals surface area contributed by atoms with Gasteiger partial charge in [-0.15, -0.1) is 0 Å². The maximum absolute atomic E-state index is 16.4. The van der Waals surface area contributed by atoms with Gasteiger partial charge in [0.2, 0.25) is 5.91 Å². The van der Waals surface area contributed by atoms with E-state index in [2.05, 4.69) is 16.0 Å². The summed E-state index contributed by atoms with van der Waals surface area (Å²) in [6.45, 7) is 1.65. The fourth-order valence-corrected chi connectivity index (χ4v) is 5.61. The van der Waals surface area contributed by atoms with E-state index in [1.54, 1.807) is 23.1 Å². The van der Waals surface area contributed by atoms with Gasteiger partial charge in [0.15, 0.2) is 5.82 Å². The van der Waals surface area contributed by atoms with Crippen LogP contribution in [0.3, 0.4) is 0 Å².